The monoisotopic (exact) mass is 406 g/mol. The van der Waals surface area contributed by atoms with Crippen LogP contribution < -0.4 is 4.43 Å². The molecule has 6 heteroatoms. The van der Waals surface area contributed by atoms with E-state index < -0.39 is 37.4 Å². The van der Waals surface area contributed by atoms with Crippen molar-refractivity contribution in [1.82, 2.24) is 0 Å². The fourth-order valence-corrected chi connectivity index (χ4v) is 4.20. The second-order valence-electron chi connectivity index (χ2n) is 9.83. The molecule has 0 amide bonds. The van der Waals surface area contributed by atoms with Gasteiger partial charge in [0.25, 0.3) is 5.79 Å². The molecule has 0 radical (unpaired) electrons. The molecule has 0 spiro atoms. The number of carbonyl (C=O) groups is 2. The summed E-state index contributed by atoms with van der Waals surface area (Å²) in [6.07, 6.45) is 0.588. The van der Waals surface area contributed by atoms with Crippen molar-refractivity contribution in [3.63, 3.8) is 0 Å². The van der Waals surface area contributed by atoms with Crippen LogP contribution in [0.3, 0.4) is 0 Å². The summed E-state index contributed by atoms with van der Waals surface area (Å²) in [5.74, 6) is -2.47. The minimum Gasteiger partial charge on any atom is -0.544 e. The van der Waals surface area contributed by atoms with E-state index >= 15 is 0 Å². The van der Waals surface area contributed by atoms with Gasteiger partial charge in [0, 0.05) is 19.3 Å². The van der Waals surface area contributed by atoms with Crippen molar-refractivity contribution in [2.75, 3.05) is 0 Å². The number of hydrogen-bond acceptors (Lipinski definition) is 5. The number of benzene rings is 1. The molecule has 1 heterocycles. The molecule has 0 aliphatic carbocycles. The van der Waals surface area contributed by atoms with Crippen LogP contribution in [0.15, 0.2) is 24.3 Å². The van der Waals surface area contributed by atoms with E-state index in [1.807, 2.05) is 38.1 Å². The lowest BCUT2D eigenvalue weighted by Gasteiger charge is -2.41. The minimum absolute atomic E-state index is 0.103. The topological polar surface area (TPSA) is 61.8 Å². The summed E-state index contributed by atoms with van der Waals surface area (Å²) in [6.45, 7) is 18.0. The lowest BCUT2D eigenvalue weighted by Crippen LogP contribution is -2.53. The Balaban J connectivity index is 2.32. The highest BCUT2D eigenvalue weighted by atomic mass is 28.4. The van der Waals surface area contributed by atoms with Crippen LogP contribution in [-0.2, 0) is 24.5 Å². The summed E-state index contributed by atoms with van der Waals surface area (Å²) in [7, 11) is -1.94. The SMILES string of the molecule is CC[C@@](C)(c1ccc(O[Si](C)(C)C(C)(C)C)cc1)C1C(=O)OC(C)(C)OC1=O. The highest BCUT2D eigenvalue weighted by Gasteiger charge is 2.52. The van der Waals surface area contributed by atoms with Gasteiger partial charge in [0.05, 0.1) is 0 Å². The van der Waals surface area contributed by atoms with E-state index in [0.29, 0.717) is 6.42 Å². The molecule has 0 saturated carbocycles. The molecular formula is C22H34O5Si. The number of cyclic esters (lactones) is 2. The van der Waals surface area contributed by atoms with Crippen molar-refractivity contribution in [3.05, 3.63) is 29.8 Å². The van der Waals surface area contributed by atoms with E-state index in [4.69, 9.17) is 13.9 Å². The zero-order valence-electron chi connectivity index (χ0n) is 18.6. The van der Waals surface area contributed by atoms with Gasteiger partial charge < -0.3 is 13.9 Å². The molecule has 5 nitrogen and oxygen atoms in total. The predicted octanol–water partition coefficient (Wildman–Crippen LogP) is 5.19. The normalized spacial score (nSPS) is 20.2. The highest BCUT2D eigenvalue weighted by molar-refractivity contribution is 6.74. The molecule has 0 unspecified atom stereocenters. The van der Waals surface area contributed by atoms with Crippen molar-refractivity contribution >= 4 is 20.3 Å². The zero-order valence-corrected chi connectivity index (χ0v) is 19.6. The van der Waals surface area contributed by atoms with Gasteiger partial charge in [-0.05, 0) is 42.2 Å². The Hall–Kier alpha value is -1.82. The van der Waals surface area contributed by atoms with E-state index in [2.05, 4.69) is 33.9 Å². The van der Waals surface area contributed by atoms with Crippen LogP contribution >= 0.6 is 0 Å². The first kappa shape index (κ1) is 22.5. The van der Waals surface area contributed by atoms with Gasteiger partial charge in [-0.25, -0.2) is 0 Å². The Morgan fingerprint density at radius 2 is 1.46 bits per heavy atom. The summed E-state index contributed by atoms with van der Waals surface area (Å²) in [6, 6.07) is 7.72. The maximum absolute atomic E-state index is 12.6. The Morgan fingerprint density at radius 3 is 1.86 bits per heavy atom. The fourth-order valence-electron chi connectivity index (χ4n) is 3.17. The summed E-state index contributed by atoms with van der Waals surface area (Å²) >= 11 is 0. The van der Waals surface area contributed by atoms with Crippen LogP contribution in [-0.4, -0.2) is 26.0 Å². The van der Waals surface area contributed by atoms with Crippen LogP contribution in [0.5, 0.6) is 5.75 Å². The first-order chi connectivity index (χ1) is 12.6. The quantitative estimate of drug-likeness (QED) is 0.382. The van der Waals surface area contributed by atoms with Gasteiger partial charge in [0.2, 0.25) is 8.32 Å². The number of ether oxygens (including phenoxy) is 2. The van der Waals surface area contributed by atoms with E-state index in [-0.39, 0.29) is 5.04 Å². The molecule has 28 heavy (non-hydrogen) atoms. The first-order valence-corrected chi connectivity index (χ1v) is 12.8. The van der Waals surface area contributed by atoms with Gasteiger partial charge in [-0.2, -0.15) is 0 Å². The molecule has 1 fully saturated rings. The third kappa shape index (κ3) is 4.27. The Kier molecular flexibility index (Phi) is 5.79. The molecule has 0 aromatic heterocycles. The second-order valence-corrected chi connectivity index (χ2v) is 14.6. The van der Waals surface area contributed by atoms with E-state index in [9.17, 15) is 9.59 Å². The summed E-state index contributed by atoms with van der Waals surface area (Å²) in [5.41, 5.74) is 0.163. The van der Waals surface area contributed by atoms with E-state index in [1.165, 1.54) is 0 Å². The lowest BCUT2D eigenvalue weighted by atomic mass is 9.69. The number of rotatable bonds is 5. The van der Waals surface area contributed by atoms with Crippen LogP contribution in [0.1, 0.15) is 60.5 Å². The van der Waals surface area contributed by atoms with Crippen LogP contribution in [0.4, 0.5) is 0 Å². The first-order valence-electron chi connectivity index (χ1n) is 9.88. The van der Waals surface area contributed by atoms with Gasteiger partial charge >= 0.3 is 11.9 Å². The average Bonchev–Trinajstić information content (AvgIpc) is 2.51. The molecule has 1 saturated heterocycles. The van der Waals surface area contributed by atoms with Gasteiger partial charge in [0.1, 0.15) is 5.75 Å². The molecule has 1 aliphatic rings. The molecule has 1 aromatic carbocycles. The largest absolute Gasteiger partial charge is 0.544 e. The van der Waals surface area contributed by atoms with Crippen LogP contribution in [0.25, 0.3) is 0 Å². The van der Waals surface area contributed by atoms with Gasteiger partial charge in [-0.3, -0.25) is 9.59 Å². The van der Waals surface area contributed by atoms with E-state index in [1.54, 1.807) is 13.8 Å². The highest BCUT2D eigenvalue weighted by Crippen LogP contribution is 2.42. The maximum Gasteiger partial charge on any atom is 0.324 e. The lowest BCUT2D eigenvalue weighted by molar-refractivity contribution is -0.243. The third-order valence-corrected chi connectivity index (χ3v) is 10.6. The minimum atomic E-state index is -1.94. The number of carbonyl (C=O) groups excluding carboxylic acids is 2. The fraction of sp³-hybridized carbons (Fsp3) is 0.636. The smallest absolute Gasteiger partial charge is 0.324 e. The number of hydrogen-bond donors (Lipinski definition) is 0. The predicted molar refractivity (Wildman–Crippen MR) is 112 cm³/mol. The molecule has 1 aliphatic heterocycles. The Morgan fingerprint density at radius 1 is 1.00 bits per heavy atom. The Bertz CT molecular complexity index is 725. The summed E-state index contributed by atoms with van der Waals surface area (Å²) < 4.78 is 17.0. The molecule has 0 N–H and O–H groups in total. The van der Waals surface area contributed by atoms with Gasteiger partial charge in [-0.15, -0.1) is 0 Å². The molecule has 2 rings (SSSR count). The standard InChI is InChI=1S/C22H34O5Si/c1-10-22(7,17-18(23)25-21(5,6)26-19(17)24)15-11-13-16(14-12-15)27-28(8,9)20(2,3)4/h11-14,17H,10H2,1-9H3/t22-/m0/s1. The zero-order chi connectivity index (χ0) is 21.5. The van der Waals surface area contributed by atoms with Crippen molar-refractivity contribution in [3.8, 4) is 5.75 Å². The molecule has 1 atom stereocenters. The molecule has 156 valence electrons. The molecule has 1 aromatic rings. The van der Waals surface area contributed by atoms with Gasteiger partial charge in [-0.1, -0.05) is 46.8 Å². The van der Waals surface area contributed by atoms with Crippen molar-refractivity contribution in [2.24, 2.45) is 5.92 Å². The van der Waals surface area contributed by atoms with Crippen molar-refractivity contribution < 1.29 is 23.5 Å². The summed E-state index contributed by atoms with van der Waals surface area (Å²) in [5, 5.41) is 0.103. The average molecular weight is 407 g/mol. The summed E-state index contributed by atoms with van der Waals surface area (Å²) in [4.78, 5) is 25.2. The number of esters is 2. The van der Waals surface area contributed by atoms with Crippen LogP contribution in [0, 0.1) is 5.92 Å². The molecular weight excluding hydrogens is 372 g/mol. The van der Waals surface area contributed by atoms with Crippen molar-refractivity contribution in [2.45, 2.75) is 84.2 Å². The second kappa shape index (κ2) is 7.21. The molecule has 0 bridgehead atoms. The third-order valence-electron chi connectivity index (χ3n) is 6.23. The maximum atomic E-state index is 12.6. The van der Waals surface area contributed by atoms with E-state index in [0.717, 1.165) is 11.3 Å². The van der Waals surface area contributed by atoms with Gasteiger partial charge in [0.15, 0.2) is 5.92 Å². The van der Waals surface area contributed by atoms with Crippen LogP contribution in [0.2, 0.25) is 18.1 Å². The van der Waals surface area contributed by atoms with Crippen molar-refractivity contribution in [1.29, 1.82) is 0 Å². The Labute approximate surface area is 169 Å².